The lowest BCUT2D eigenvalue weighted by Gasteiger charge is -2.28. The summed E-state index contributed by atoms with van der Waals surface area (Å²) in [6.45, 7) is 0. The minimum Gasteiger partial charge on any atom is -0.391 e. The molecule has 2 aromatic heterocycles. The summed E-state index contributed by atoms with van der Waals surface area (Å²) >= 11 is 0. The van der Waals surface area contributed by atoms with Crippen LogP contribution in [0.2, 0.25) is 0 Å². The van der Waals surface area contributed by atoms with Crippen LogP contribution >= 0.6 is 0 Å². The van der Waals surface area contributed by atoms with Crippen LogP contribution in [-0.4, -0.2) is 38.3 Å². The Morgan fingerprint density at radius 2 is 1.93 bits per heavy atom. The Morgan fingerprint density at radius 3 is 2.83 bits per heavy atom. The number of rotatable bonds is 3. The number of carbonyl (C=O) groups excluding carboxylic acids is 1. The van der Waals surface area contributed by atoms with Gasteiger partial charge in [0.05, 0.1) is 28.9 Å². The molecule has 0 radical (unpaired) electrons. The van der Waals surface area contributed by atoms with Crippen molar-refractivity contribution in [3.63, 3.8) is 0 Å². The lowest BCUT2D eigenvalue weighted by molar-refractivity contribution is 0.0717. The molecule has 0 aliphatic heterocycles. The molecule has 2 heterocycles. The van der Waals surface area contributed by atoms with E-state index < -0.39 is 6.10 Å². The van der Waals surface area contributed by atoms with Gasteiger partial charge in [-0.25, -0.2) is 4.98 Å². The number of para-hydroxylation sites is 1. The van der Waals surface area contributed by atoms with Crippen LogP contribution in [0.4, 0.5) is 0 Å². The molecule has 1 fully saturated rings. The highest BCUT2D eigenvalue weighted by atomic mass is 16.3. The van der Waals surface area contributed by atoms with Gasteiger partial charge in [0.15, 0.2) is 0 Å². The van der Waals surface area contributed by atoms with E-state index in [9.17, 15) is 9.90 Å². The van der Waals surface area contributed by atoms with Gasteiger partial charge in [-0.1, -0.05) is 37.1 Å². The second kappa shape index (κ2) is 7.29. The van der Waals surface area contributed by atoms with Crippen molar-refractivity contribution >= 4 is 27.7 Å². The van der Waals surface area contributed by atoms with Crippen LogP contribution in [0.15, 0.2) is 54.6 Å². The normalized spacial score (nSPS) is 19.5. The smallest absolute Gasteiger partial charge is 0.251 e. The Labute approximate surface area is 168 Å². The molecule has 29 heavy (non-hydrogen) atoms. The number of hydrogen-bond acceptors (Lipinski definition) is 4. The first-order valence-electron chi connectivity index (χ1n) is 10.0. The third-order valence-corrected chi connectivity index (χ3v) is 5.71. The number of carbonyl (C=O) groups is 1. The van der Waals surface area contributed by atoms with Gasteiger partial charge in [-0.15, -0.1) is 0 Å². The van der Waals surface area contributed by atoms with E-state index in [2.05, 4.69) is 15.5 Å². The number of aliphatic hydroxyl groups excluding tert-OH is 1. The Kier molecular flexibility index (Phi) is 4.48. The van der Waals surface area contributed by atoms with Crippen molar-refractivity contribution in [3.8, 4) is 11.4 Å². The summed E-state index contributed by atoms with van der Waals surface area (Å²) in [7, 11) is 0. The SMILES string of the molecule is O=C(NC1CCCCC1O)c1ccc2[nH]nc(-c3ccc4ccccc4n3)c2c1. The third kappa shape index (κ3) is 3.36. The zero-order valence-corrected chi connectivity index (χ0v) is 15.9. The molecule has 6 heteroatoms. The topological polar surface area (TPSA) is 90.9 Å². The van der Waals surface area contributed by atoms with E-state index in [4.69, 9.17) is 4.98 Å². The second-order valence-electron chi connectivity index (χ2n) is 7.65. The van der Waals surface area contributed by atoms with Crippen molar-refractivity contribution in [1.29, 1.82) is 0 Å². The maximum Gasteiger partial charge on any atom is 0.251 e. The maximum absolute atomic E-state index is 12.8. The standard InChI is InChI=1S/C23H22N4O2/c28-21-8-4-3-7-19(21)25-23(29)15-10-11-18-16(13-15)22(27-26-18)20-12-9-14-5-1-2-6-17(14)24-20/h1-2,5-6,9-13,19,21,28H,3-4,7-8H2,(H,25,29)(H,26,27). The first-order valence-corrected chi connectivity index (χ1v) is 10.0. The molecular weight excluding hydrogens is 364 g/mol. The van der Waals surface area contributed by atoms with Gasteiger partial charge in [-0.3, -0.25) is 9.89 Å². The second-order valence-corrected chi connectivity index (χ2v) is 7.65. The molecular formula is C23H22N4O2. The van der Waals surface area contributed by atoms with Crippen LogP contribution in [0.5, 0.6) is 0 Å². The van der Waals surface area contributed by atoms with Gasteiger partial charge in [0.1, 0.15) is 5.69 Å². The Balaban J connectivity index is 1.49. The highest BCUT2D eigenvalue weighted by molar-refractivity contribution is 6.01. The zero-order chi connectivity index (χ0) is 19.8. The minimum atomic E-state index is -0.470. The van der Waals surface area contributed by atoms with E-state index >= 15 is 0 Å². The van der Waals surface area contributed by atoms with Crippen LogP contribution in [-0.2, 0) is 0 Å². The summed E-state index contributed by atoms with van der Waals surface area (Å²) in [6.07, 6.45) is 3.12. The van der Waals surface area contributed by atoms with Crippen molar-refractivity contribution in [2.24, 2.45) is 0 Å². The quantitative estimate of drug-likeness (QED) is 0.499. The van der Waals surface area contributed by atoms with Gasteiger partial charge < -0.3 is 10.4 Å². The number of H-pyrrole nitrogens is 1. The van der Waals surface area contributed by atoms with Crippen molar-refractivity contribution in [2.45, 2.75) is 37.8 Å². The Morgan fingerprint density at radius 1 is 1.07 bits per heavy atom. The number of benzene rings is 2. The van der Waals surface area contributed by atoms with Crippen molar-refractivity contribution in [1.82, 2.24) is 20.5 Å². The van der Waals surface area contributed by atoms with Gasteiger partial charge in [0, 0.05) is 16.3 Å². The molecule has 0 saturated heterocycles. The summed E-state index contributed by atoms with van der Waals surface area (Å²) in [5.74, 6) is -0.170. The summed E-state index contributed by atoms with van der Waals surface area (Å²) in [6, 6.07) is 17.2. The highest BCUT2D eigenvalue weighted by Crippen LogP contribution is 2.27. The number of fused-ring (bicyclic) bond motifs is 2. The number of aromatic amines is 1. The number of nitrogens with one attached hydrogen (secondary N) is 2. The Bertz CT molecular complexity index is 1200. The molecule has 5 rings (SSSR count). The molecule has 4 aromatic rings. The molecule has 1 aliphatic rings. The van der Waals surface area contributed by atoms with E-state index in [-0.39, 0.29) is 11.9 Å². The van der Waals surface area contributed by atoms with Crippen LogP contribution in [0, 0.1) is 0 Å². The fourth-order valence-electron chi connectivity index (χ4n) is 4.08. The monoisotopic (exact) mass is 386 g/mol. The van der Waals surface area contributed by atoms with Crippen LogP contribution in [0.3, 0.4) is 0 Å². The van der Waals surface area contributed by atoms with Crippen LogP contribution in [0.1, 0.15) is 36.0 Å². The molecule has 146 valence electrons. The molecule has 6 nitrogen and oxygen atoms in total. The van der Waals surface area contributed by atoms with E-state index in [0.717, 1.165) is 58.9 Å². The van der Waals surface area contributed by atoms with Crippen molar-refractivity contribution < 1.29 is 9.90 Å². The molecule has 0 bridgehead atoms. The predicted molar refractivity (Wildman–Crippen MR) is 113 cm³/mol. The van der Waals surface area contributed by atoms with Gasteiger partial charge in [0.2, 0.25) is 0 Å². The first-order chi connectivity index (χ1) is 14.2. The number of pyridine rings is 1. The summed E-state index contributed by atoms with van der Waals surface area (Å²) < 4.78 is 0. The molecule has 1 aliphatic carbocycles. The number of aliphatic hydroxyl groups is 1. The molecule has 2 atom stereocenters. The lowest BCUT2D eigenvalue weighted by Crippen LogP contribution is -2.45. The van der Waals surface area contributed by atoms with Gasteiger partial charge in [0.25, 0.3) is 5.91 Å². The predicted octanol–water partition coefficient (Wildman–Crippen LogP) is 3.81. The van der Waals surface area contributed by atoms with E-state index in [1.807, 2.05) is 48.5 Å². The molecule has 3 N–H and O–H groups in total. The van der Waals surface area contributed by atoms with E-state index in [1.54, 1.807) is 6.07 Å². The fourth-order valence-corrected chi connectivity index (χ4v) is 4.08. The average Bonchev–Trinajstić information content (AvgIpc) is 3.18. The van der Waals surface area contributed by atoms with Gasteiger partial charge in [-0.2, -0.15) is 5.10 Å². The molecule has 0 spiro atoms. The summed E-state index contributed by atoms with van der Waals surface area (Å²) in [5.41, 5.74) is 3.79. The summed E-state index contributed by atoms with van der Waals surface area (Å²) in [5, 5.41) is 22.5. The number of hydrogen-bond donors (Lipinski definition) is 3. The molecule has 2 aromatic carbocycles. The largest absolute Gasteiger partial charge is 0.391 e. The zero-order valence-electron chi connectivity index (χ0n) is 15.9. The Hall–Kier alpha value is -3.25. The minimum absolute atomic E-state index is 0.170. The highest BCUT2D eigenvalue weighted by Gasteiger charge is 2.25. The van der Waals surface area contributed by atoms with Crippen molar-refractivity contribution in [3.05, 3.63) is 60.2 Å². The molecule has 1 amide bonds. The van der Waals surface area contributed by atoms with Crippen LogP contribution < -0.4 is 5.32 Å². The number of nitrogens with zero attached hydrogens (tertiary/aromatic N) is 2. The number of amides is 1. The molecule has 2 unspecified atom stereocenters. The average molecular weight is 386 g/mol. The van der Waals surface area contributed by atoms with Gasteiger partial charge in [-0.05, 0) is 43.2 Å². The summed E-state index contributed by atoms with van der Waals surface area (Å²) in [4.78, 5) is 17.5. The molecule has 1 saturated carbocycles. The third-order valence-electron chi connectivity index (χ3n) is 5.71. The van der Waals surface area contributed by atoms with Gasteiger partial charge >= 0.3 is 0 Å². The first kappa shape index (κ1) is 17.8. The fraction of sp³-hybridized carbons (Fsp3) is 0.261. The number of aromatic nitrogens is 3. The van der Waals surface area contributed by atoms with Crippen LogP contribution in [0.25, 0.3) is 33.2 Å². The van der Waals surface area contributed by atoms with E-state index in [1.165, 1.54) is 0 Å². The maximum atomic E-state index is 12.8. The van der Waals surface area contributed by atoms with Crippen molar-refractivity contribution in [2.75, 3.05) is 0 Å². The lowest BCUT2D eigenvalue weighted by atomic mass is 9.92. The van der Waals surface area contributed by atoms with E-state index in [0.29, 0.717) is 5.56 Å².